The Balaban J connectivity index is 1.57. The summed E-state index contributed by atoms with van der Waals surface area (Å²) in [5.41, 5.74) is 1.62. The number of nitrogens with one attached hydrogen (secondary N) is 2. The average Bonchev–Trinajstić information content (AvgIpc) is 2.89. The van der Waals surface area contributed by atoms with E-state index in [0.29, 0.717) is 21.3 Å². The van der Waals surface area contributed by atoms with E-state index < -0.39 is 23.8 Å². The van der Waals surface area contributed by atoms with Gasteiger partial charge in [-0.1, -0.05) is 40.9 Å². The number of halogens is 3. The molecule has 0 spiro atoms. The monoisotopic (exact) mass is 601 g/mol. The number of anilines is 2. The van der Waals surface area contributed by atoms with Gasteiger partial charge in [-0.15, -0.1) is 0 Å². The van der Waals surface area contributed by atoms with E-state index in [1.165, 1.54) is 42.5 Å². The second kappa shape index (κ2) is 12.4. The number of rotatable bonds is 8. The van der Waals surface area contributed by atoms with E-state index in [0.717, 1.165) is 10.5 Å². The number of amides is 5. The molecule has 3 aromatic carbocycles. The number of imide groups is 2. The van der Waals surface area contributed by atoms with Gasteiger partial charge < -0.3 is 14.8 Å². The molecular weight excluding hydrogens is 581 g/mol. The van der Waals surface area contributed by atoms with Crippen LogP contribution in [0.3, 0.4) is 0 Å². The predicted octanol–water partition coefficient (Wildman–Crippen LogP) is 6.04. The van der Waals surface area contributed by atoms with Crippen molar-refractivity contribution in [1.82, 2.24) is 5.32 Å². The van der Waals surface area contributed by atoms with E-state index in [1.807, 2.05) is 6.92 Å². The van der Waals surface area contributed by atoms with Crippen molar-refractivity contribution < 1.29 is 28.7 Å². The van der Waals surface area contributed by atoms with Gasteiger partial charge in [-0.3, -0.25) is 19.7 Å². The average molecular weight is 603 g/mol. The third kappa shape index (κ3) is 6.56. The zero-order valence-corrected chi connectivity index (χ0v) is 23.5. The van der Waals surface area contributed by atoms with E-state index in [2.05, 4.69) is 10.6 Å². The molecule has 1 fully saturated rings. The number of benzene rings is 3. The summed E-state index contributed by atoms with van der Waals surface area (Å²) in [5.74, 6) is -1.88. The van der Waals surface area contributed by atoms with Crippen LogP contribution in [0.2, 0.25) is 15.1 Å². The minimum Gasteiger partial charge on any atom is -0.490 e. The molecular formula is C28H22Cl3N3O6. The lowest BCUT2D eigenvalue weighted by atomic mass is 10.1. The lowest BCUT2D eigenvalue weighted by Crippen LogP contribution is -2.54. The van der Waals surface area contributed by atoms with Gasteiger partial charge in [0.05, 0.1) is 17.3 Å². The summed E-state index contributed by atoms with van der Waals surface area (Å²) in [4.78, 5) is 51.5. The zero-order valence-electron chi connectivity index (χ0n) is 21.2. The molecule has 206 valence electrons. The Morgan fingerprint density at radius 3 is 2.38 bits per heavy atom. The molecule has 0 atom stereocenters. The molecule has 12 heteroatoms. The van der Waals surface area contributed by atoms with Crippen molar-refractivity contribution in [2.24, 2.45) is 0 Å². The summed E-state index contributed by atoms with van der Waals surface area (Å²) in [7, 11) is 0. The van der Waals surface area contributed by atoms with Crippen LogP contribution in [0, 0.1) is 6.92 Å². The summed E-state index contributed by atoms with van der Waals surface area (Å²) in [5, 5.41) is 5.83. The number of ether oxygens (including phenoxy) is 2. The molecule has 2 N–H and O–H groups in total. The molecule has 1 aliphatic rings. The van der Waals surface area contributed by atoms with Gasteiger partial charge in [-0.25, -0.2) is 9.69 Å². The largest absolute Gasteiger partial charge is 0.490 e. The zero-order chi connectivity index (χ0) is 29.0. The number of nitrogens with zero attached hydrogens (tertiary/aromatic N) is 1. The van der Waals surface area contributed by atoms with Gasteiger partial charge in [0.15, 0.2) is 18.1 Å². The summed E-state index contributed by atoms with van der Waals surface area (Å²) in [6.07, 6.45) is 1.28. The molecule has 0 aliphatic carbocycles. The summed E-state index contributed by atoms with van der Waals surface area (Å²) in [6, 6.07) is 13.1. The SMILES string of the molecule is CCOc1cc(/C=C2/C(=O)NC(=O)N(c3ccc(Cl)cc3)C2=O)cc(Cl)c1OCC(=O)Nc1ccc(C)c(Cl)c1. The van der Waals surface area contributed by atoms with Gasteiger partial charge in [0.1, 0.15) is 5.57 Å². The Labute approximate surface area is 244 Å². The van der Waals surface area contributed by atoms with Crippen LogP contribution in [0.5, 0.6) is 11.5 Å². The van der Waals surface area contributed by atoms with Gasteiger partial charge >= 0.3 is 6.03 Å². The summed E-state index contributed by atoms with van der Waals surface area (Å²) < 4.78 is 11.3. The van der Waals surface area contributed by atoms with Crippen LogP contribution in [0.1, 0.15) is 18.1 Å². The third-order valence-corrected chi connectivity index (χ3v) is 6.57. The van der Waals surface area contributed by atoms with Crippen molar-refractivity contribution in [1.29, 1.82) is 0 Å². The molecule has 1 heterocycles. The fourth-order valence-electron chi connectivity index (χ4n) is 3.73. The van der Waals surface area contributed by atoms with Crippen LogP contribution in [-0.2, 0) is 14.4 Å². The quantitative estimate of drug-likeness (QED) is 0.240. The molecule has 1 saturated heterocycles. The first kappa shape index (κ1) is 28.9. The number of aryl methyl sites for hydroxylation is 1. The van der Waals surface area contributed by atoms with Crippen molar-refractivity contribution in [3.63, 3.8) is 0 Å². The van der Waals surface area contributed by atoms with Crippen molar-refractivity contribution in [3.05, 3.63) is 86.4 Å². The first-order chi connectivity index (χ1) is 19.1. The molecule has 5 amide bonds. The molecule has 0 saturated carbocycles. The highest BCUT2D eigenvalue weighted by atomic mass is 35.5. The van der Waals surface area contributed by atoms with E-state index in [4.69, 9.17) is 44.3 Å². The predicted molar refractivity (Wildman–Crippen MR) is 153 cm³/mol. The van der Waals surface area contributed by atoms with Crippen molar-refractivity contribution in [2.75, 3.05) is 23.4 Å². The highest BCUT2D eigenvalue weighted by molar-refractivity contribution is 6.39. The fourth-order valence-corrected chi connectivity index (χ4v) is 4.31. The molecule has 0 radical (unpaired) electrons. The van der Waals surface area contributed by atoms with Crippen LogP contribution in [0.4, 0.5) is 16.2 Å². The van der Waals surface area contributed by atoms with Crippen molar-refractivity contribution in [3.8, 4) is 11.5 Å². The minimum absolute atomic E-state index is 0.0679. The summed E-state index contributed by atoms with van der Waals surface area (Å²) in [6.45, 7) is 3.44. The molecule has 0 aromatic heterocycles. The topological polar surface area (TPSA) is 114 Å². The maximum atomic E-state index is 13.2. The normalized spacial score (nSPS) is 14.3. The summed E-state index contributed by atoms with van der Waals surface area (Å²) >= 11 is 18.5. The van der Waals surface area contributed by atoms with E-state index >= 15 is 0 Å². The molecule has 9 nitrogen and oxygen atoms in total. The van der Waals surface area contributed by atoms with Crippen molar-refractivity contribution >= 4 is 76.0 Å². The number of carbonyl (C=O) groups excluding carboxylic acids is 4. The lowest BCUT2D eigenvalue weighted by molar-refractivity contribution is -0.122. The number of hydrogen-bond donors (Lipinski definition) is 2. The first-order valence-electron chi connectivity index (χ1n) is 11.9. The fraction of sp³-hybridized carbons (Fsp3) is 0.143. The molecule has 40 heavy (non-hydrogen) atoms. The Kier molecular flexibility index (Phi) is 8.99. The number of hydrogen-bond acceptors (Lipinski definition) is 6. The molecule has 3 aromatic rings. The van der Waals surface area contributed by atoms with Crippen LogP contribution < -0.4 is 25.0 Å². The Morgan fingerprint density at radius 2 is 1.70 bits per heavy atom. The molecule has 0 unspecified atom stereocenters. The van der Waals surface area contributed by atoms with Crippen LogP contribution >= 0.6 is 34.8 Å². The standard InChI is InChI=1S/C28H22Cl3N3O6/c1-3-39-23-12-16(10-20-26(36)33-28(38)34(27(20)37)19-8-5-17(29)6-9-19)11-22(31)25(23)40-14-24(35)32-18-7-4-15(2)21(30)13-18/h4-13H,3,14H2,1-2H3,(H,32,35)(H,33,36,38)/b20-10-. The van der Waals surface area contributed by atoms with Gasteiger partial charge in [0.25, 0.3) is 17.7 Å². The third-order valence-electron chi connectivity index (χ3n) is 5.63. The van der Waals surface area contributed by atoms with Crippen LogP contribution in [0.25, 0.3) is 6.08 Å². The van der Waals surface area contributed by atoms with Crippen LogP contribution in [0.15, 0.2) is 60.2 Å². The van der Waals surface area contributed by atoms with Crippen LogP contribution in [-0.4, -0.2) is 37.0 Å². The maximum absolute atomic E-state index is 13.2. The van der Waals surface area contributed by atoms with E-state index in [1.54, 1.807) is 25.1 Å². The van der Waals surface area contributed by atoms with E-state index in [-0.39, 0.29) is 41.0 Å². The number of barbiturate groups is 1. The Hall–Kier alpha value is -4.05. The lowest BCUT2D eigenvalue weighted by Gasteiger charge is -2.26. The highest BCUT2D eigenvalue weighted by Crippen LogP contribution is 2.38. The molecule has 0 bridgehead atoms. The Morgan fingerprint density at radius 1 is 0.975 bits per heavy atom. The second-order valence-corrected chi connectivity index (χ2v) is 9.75. The first-order valence-corrected chi connectivity index (χ1v) is 13.0. The minimum atomic E-state index is -0.891. The highest BCUT2D eigenvalue weighted by Gasteiger charge is 2.37. The smallest absolute Gasteiger partial charge is 0.335 e. The van der Waals surface area contributed by atoms with Gasteiger partial charge in [0, 0.05) is 15.7 Å². The van der Waals surface area contributed by atoms with Gasteiger partial charge in [0.2, 0.25) is 0 Å². The number of urea groups is 1. The van der Waals surface area contributed by atoms with Crippen molar-refractivity contribution in [2.45, 2.75) is 13.8 Å². The van der Waals surface area contributed by atoms with Gasteiger partial charge in [-0.2, -0.15) is 0 Å². The van der Waals surface area contributed by atoms with E-state index in [9.17, 15) is 19.2 Å². The second-order valence-electron chi connectivity index (χ2n) is 8.50. The Bertz CT molecular complexity index is 1540. The number of carbonyl (C=O) groups is 4. The molecule has 1 aliphatic heterocycles. The molecule has 4 rings (SSSR count). The van der Waals surface area contributed by atoms with Gasteiger partial charge in [-0.05, 0) is 79.6 Å². The maximum Gasteiger partial charge on any atom is 0.335 e.